The van der Waals surface area contributed by atoms with Crippen LogP contribution >= 0.6 is 0 Å². The minimum Gasteiger partial charge on any atom is -0.497 e. The van der Waals surface area contributed by atoms with Gasteiger partial charge in [-0.15, -0.1) is 0 Å². The molecular formula is C30H36N2O5. The van der Waals surface area contributed by atoms with E-state index >= 15 is 0 Å². The Bertz CT molecular complexity index is 1330. The van der Waals surface area contributed by atoms with E-state index in [0.717, 1.165) is 33.9 Å². The molecule has 4 rings (SSSR count). The number of ether oxygens (including phenoxy) is 4. The van der Waals surface area contributed by atoms with Gasteiger partial charge in [-0.05, 0) is 66.4 Å². The summed E-state index contributed by atoms with van der Waals surface area (Å²) in [6, 6.07) is 19.6. The predicted molar refractivity (Wildman–Crippen MR) is 145 cm³/mol. The van der Waals surface area contributed by atoms with Crippen molar-refractivity contribution in [3.63, 3.8) is 0 Å². The summed E-state index contributed by atoms with van der Waals surface area (Å²) in [4.78, 5) is 4.77. The van der Waals surface area contributed by atoms with E-state index in [0.29, 0.717) is 31.4 Å². The minimum absolute atomic E-state index is 0.156. The summed E-state index contributed by atoms with van der Waals surface area (Å²) < 4.78 is 24.7. The van der Waals surface area contributed by atoms with E-state index < -0.39 is 6.10 Å². The van der Waals surface area contributed by atoms with E-state index in [9.17, 15) is 5.11 Å². The fourth-order valence-electron chi connectivity index (χ4n) is 4.54. The number of methoxy groups -OCH3 is 2. The number of hydrogen-bond acceptors (Lipinski definition) is 6. The van der Waals surface area contributed by atoms with Gasteiger partial charge in [-0.3, -0.25) is 0 Å². The van der Waals surface area contributed by atoms with Crippen LogP contribution in [0.1, 0.15) is 42.3 Å². The average molecular weight is 505 g/mol. The van der Waals surface area contributed by atoms with E-state index in [4.69, 9.17) is 23.9 Å². The fourth-order valence-corrected chi connectivity index (χ4v) is 4.54. The maximum absolute atomic E-state index is 10.8. The second-order valence-electron chi connectivity index (χ2n) is 9.44. The third-order valence-corrected chi connectivity index (χ3v) is 6.41. The number of nitrogens with zero attached hydrogens (tertiary/aromatic N) is 2. The highest BCUT2D eigenvalue weighted by atomic mass is 16.5. The van der Waals surface area contributed by atoms with Crippen LogP contribution < -0.4 is 14.2 Å². The van der Waals surface area contributed by atoms with Gasteiger partial charge in [0.05, 0.1) is 51.1 Å². The van der Waals surface area contributed by atoms with Crippen molar-refractivity contribution in [1.29, 1.82) is 0 Å². The summed E-state index contributed by atoms with van der Waals surface area (Å²) in [6.07, 6.45) is -0.736. The lowest BCUT2D eigenvalue weighted by molar-refractivity contribution is 0.0195. The van der Waals surface area contributed by atoms with Gasteiger partial charge in [-0.2, -0.15) is 0 Å². The number of aliphatic hydroxyl groups is 1. The highest BCUT2D eigenvalue weighted by Crippen LogP contribution is 2.26. The van der Waals surface area contributed by atoms with Crippen molar-refractivity contribution in [2.45, 2.75) is 52.6 Å². The molecule has 0 aliphatic heterocycles. The molecule has 0 bridgehead atoms. The molecule has 0 spiro atoms. The zero-order chi connectivity index (χ0) is 26.4. The van der Waals surface area contributed by atoms with Gasteiger partial charge in [-0.25, -0.2) is 4.98 Å². The molecule has 196 valence electrons. The number of aliphatic hydroxyl groups excluding tert-OH is 1. The Morgan fingerprint density at radius 1 is 0.919 bits per heavy atom. The highest BCUT2D eigenvalue weighted by molar-refractivity contribution is 5.75. The summed E-state index contributed by atoms with van der Waals surface area (Å²) in [6.45, 7) is 7.56. The first-order valence-corrected chi connectivity index (χ1v) is 12.5. The van der Waals surface area contributed by atoms with Gasteiger partial charge < -0.3 is 28.6 Å². The molecule has 0 aliphatic rings. The van der Waals surface area contributed by atoms with Crippen LogP contribution in [0.3, 0.4) is 0 Å². The van der Waals surface area contributed by atoms with Crippen LogP contribution in [-0.4, -0.2) is 41.6 Å². The molecule has 0 saturated carbocycles. The van der Waals surface area contributed by atoms with E-state index in [1.54, 1.807) is 14.2 Å². The Balaban J connectivity index is 1.44. The van der Waals surface area contributed by atoms with E-state index in [-0.39, 0.29) is 6.61 Å². The van der Waals surface area contributed by atoms with E-state index in [1.807, 2.05) is 53.1 Å². The Hall–Kier alpha value is -3.55. The SMILES string of the molecule is COc1ccc(OC)c(COCC(O)Cn2c(COc3ccc(C(C)C)c(C)c3)nc3ccccc32)c1. The zero-order valence-corrected chi connectivity index (χ0v) is 22.2. The number of aryl methyl sites for hydroxylation is 1. The number of fused-ring (bicyclic) bond motifs is 1. The van der Waals surface area contributed by atoms with Gasteiger partial charge in [0.25, 0.3) is 0 Å². The average Bonchev–Trinajstić information content (AvgIpc) is 3.24. The third kappa shape index (κ3) is 6.42. The first-order chi connectivity index (χ1) is 17.9. The molecule has 0 fully saturated rings. The standard InChI is InChI=1S/C30H36N2O5/c1-20(2)26-12-10-25(14-21(26)3)37-19-30-31-27-8-6-7-9-28(27)32(30)16-23(33)18-36-17-22-15-24(34-4)11-13-29(22)35-5/h6-15,20,23,33H,16-19H2,1-5H3. The Labute approximate surface area is 218 Å². The van der Waals surface area contributed by atoms with Crippen molar-refractivity contribution >= 4 is 11.0 Å². The van der Waals surface area contributed by atoms with Gasteiger partial charge in [0, 0.05) is 5.56 Å². The largest absolute Gasteiger partial charge is 0.497 e. The number of aromatic nitrogens is 2. The smallest absolute Gasteiger partial charge is 0.148 e. The quantitative estimate of drug-likeness (QED) is 0.269. The molecule has 3 aromatic carbocycles. The fraction of sp³-hybridized carbons (Fsp3) is 0.367. The maximum atomic E-state index is 10.8. The lowest BCUT2D eigenvalue weighted by Gasteiger charge is -2.17. The van der Waals surface area contributed by atoms with Crippen molar-refractivity contribution in [1.82, 2.24) is 9.55 Å². The Morgan fingerprint density at radius 2 is 1.70 bits per heavy atom. The van der Waals surface area contributed by atoms with Gasteiger partial charge in [-0.1, -0.05) is 32.0 Å². The molecule has 1 atom stereocenters. The number of rotatable bonds is 12. The van der Waals surface area contributed by atoms with Crippen LogP contribution in [0, 0.1) is 6.92 Å². The van der Waals surface area contributed by atoms with Crippen LogP contribution in [0.15, 0.2) is 60.7 Å². The summed E-state index contributed by atoms with van der Waals surface area (Å²) in [5.74, 6) is 3.46. The lowest BCUT2D eigenvalue weighted by Crippen LogP contribution is -2.23. The second kappa shape index (κ2) is 12.1. The molecular weight excluding hydrogens is 468 g/mol. The number of hydrogen-bond donors (Lipinski definition) is 1. The molecule has 0 amide bonds. The van der Waals surface area contributed by atoms with Gasteiger partial charge in [0.15, 0.2) is 0 Å². The molecule has 0 radical (unpaired) electrons. The first kappa shape index (κ1) is 26.5. The van der Waals surface area contributed by atoms with Crippen LogP contribution in [0.25, 0.3) is 11.0 Å². The second-order valence-corrected chi connectivity index (χ2v) is 9.44. The number of para-hydroxylation sites is 2. The molecule has 1 N–H and O–H groups in total. The normalized spacial score (nSPS) is 12.2. The monoisotopic (exact) mass is 504 g/mol. The molecule has 37 heavy (non-hydrogen) atoms. The lowest BCUT2D eigenvalue weighted by atomic mass is 9.98. The van der Waals surface area contributed by atoms with Crippen molar-refractivity contribution < 1.29 is 24.1 Å². The van der Waals surface area contributed by atoms with Gasteiger partial charge in [0.2, 0.25) is 0 Å². The molecule has 0 aliphatic carbocycles. The van der Waals surface area contributed by atoms with Crippen molar-refractivity contribution in [2.75, 3.05) is 20.8 Å². The molecule has 7 heteroatoms. The minimum atomic E-state index is -0.736. The summed E-state index contributed by atoms with van der Waals surface area (Å²) in [7, 11) is 3.24. The van der Waals surface area contributed by atoms with Crippen molar-refractivity contribution in [3.05, 3.63) is 83.2 Å². The topological polar surface area (TPSA) is 75.0 Å². The Morgan fingerprint density at radius 3 is 2.43 bits per heavy atom. The van der Waals surface area contributed by atoms with Crippen LogP contribution in [0.4, 0.5) is 0 Å². The molecule has 1 unspecified atom stereocenters. The zero-order valence-electron chi connectivity index (χ0n) is 22.2. The highest BCUT2D eigenvalue weighted by Gasteiger charge is 2.16. The van der Waals surface area contributed by atoms with Gasteiger partial charge in [0.1, 0.15) is 29.7 Å². The van der Waals surface area contributed by atoms with E-state index in [2.05, 4.69) is 32.9 Å². The summed E-state index contributed by atoms with van der Waals surface area (Å²) >= 11 is 0. The molecule has 1 heterocycles. The number of imidazole rings is 1. The summed E-state index contributed by atoms with van der Waals surface area (Å²) in [5.41, 5.74) is 5.19. The van der Waals surface area contributed by atoms with Gasteiger partial charge >= 0.3 is 0 Å². The van der Waals surface area contributed by atoms with Crippen LogP contribution in [0.2, 0.25) is 0 Å². The summed E-state index contributed by atoms with van der Waals surface area (Å²) in [5, 5.41) is 10.8. The Kier molecular flexibility index (Phi) is 8.69. The maximum Gasteiger partial charge on any atom is 0.148 e. The first-order valence-electron chi connectivity index (χ1n) is 12.5. The molecule has 4 aromatic rings. The van der Waals surface area contributed by atoms with Crippen LogP contribution in [0.5, 0.6) is 17.2 Å². The molecule has 7 nitrogen and oxygen atoms in total. The molecule has 1 aromatic heterocycles. The molecule has 0 saturated heterocycles. The van der Waals surface area contributed by atoms with Crippen molar-refractivity contribution in [3.8, 4) is 17.2 Å². The predicted octanol–water partition coefficient (Wildman–Crippen LogP) is 5.64. The van der Waals surface area contributed by atoms with Crippen molar-refractivity contribution in [2.24, 2.45) is 0 Å². The third-order valence-electron chi connectivity index (χ3n) is 6.41. The van der Waals surface area contributed by atoms with Crippen LogP contribution in [-0.2, 0) is 24.5 Å². The van der Waals surface area contributed by atoms with E-state index in [1.165, 1.54) is 11.1 Å². The number of benzene rings is 3.